The van der Waals surface area contributed by atoms with E-state index in [4.69, 9.17) is 11.6 Å². The topological polar surface area (TPSA) is 49.3 Å². The van der Waals surface area contributed by atoms with E-state index in [2.05, 4.69) is 39.7 Å². The molecule has 3 rings (SSSR count). The molecule has 1 aromatic heterocycles. The Labute approximate surface area is 181 Å². The molecule has 1 heterocycles. The van der Waals surface area contributed by atoms with Gasteiger partial charge in [0.1, 0.15) is 0 Å². The van der Waals surface area contributed by atoms with Crippen molar-refractivity contribution in [3.05, 3.63) is 50.9 Å². The van der Waals surface area contributed by atoms with Crippen molar-refractivity contribution in [2.45, 2.75) is 38.0 Å². The van der Waals surface area contributed by atoms with Gasteiger partial charge in [-0.25, -0.2) is 4.98 Å². The summed E-state index contributed by atoms with van der Waals surface area (Å²) in [5.41, 5.74) is 1.52. The second-order valence-electron chi connectivity index (χ2n) is 6.47. The fraction of sp³-hybridized carbons (Fsp3) is 0.474. The van der Waals surface area contributed by atoms with Crippen LogP contribution >= 0.6 is 46.9 Å². The molecule has 2 N–H and O–H groups in total. The number of benzene rings is 1. The van der Waals surface area contributed by atoms with Crippen molar-refractivity contribution in [2.24, 2.45) is 4.99 Å². The SMILES string of the molecule is CCc1cnc(CCNC(=NC)NCC2(c3cccc(Cl)c3)CC2)s1.I. The second-order valence-corrected chi connectivity index (χ2v) is 8.10. The zero-order valence-corrected chi connectivity index (χ0v) is 19.1. The molecule has 1 aromatic carbocycles. The number of aromatic nitrogens is 1. The van der Waals surface area contributed by atoms with Crippen LogP contribution in [0.5, 0.6) is 0 Å². The van der Waals surface area contributed by atoms with Crippen LogP contribution in [0.1, 0.15) is 35.2 Å². The molecule has 0 atom stereocenters. The first-order valence-corrected chi connectivity index (χ1v) is 9.99. The third-order valence-corrected chi connectivity index (χ3v) is 6.13. The molecule has 0 spiro atoms. The Bertz CT molecular complexity index is 743. The lowest BCUT2D eigenvalue weighted by Crippen LogP contribution is -2.41. The maximum atomic E-state index is 6.15. The van der Waals surface area contributed by atoms with E-state index in [1.165, 1.54) is 28.3 Å². The minimum absolute atomic E-state index is 0. The van der Waals surface area contributed by atoms with E-state index in [1.54, 1.807) is 11.3 Å². The van der Waals surface area contributed by atoms with Crippen LogP contribution in [0.3, 0.4) is 0 Å². The predicted molar refractivity (Wildman–Crippen MR) is 122 cm³/mol. The minimum atomic E-state index is 0. The van der Waals surface area contributed by atoms with Gasteiger partial charge in [-0.3, -0.25) is 4.99 Å². The van der Waals surface area contributed by atoms with Gasteiger partial charge in [0.05, 0.1) is 5.01 Å². The highest BCUT2D eigenvalue weighted by atomic mass is 127. The van der Waals surface area contributed by atoms with Crippen molar-refractivity contribution in [1.29, 1.82) is 0 Å². The Morgan fingerprint density at radius 3 is 2.77 bits per heavy atom. The molecular weight excluding hydrogens is 479 g/mol. The van der Waals surface area contributed by atoms with E-state index in [0.717, 1.165) is 36.9 Å². The standard InChI is InChI=1S/C19H25ClN4S.HI/c1-3-16-12-23-17(25-16)7-10-22-18(21-2)24-13-19(8-9-19)14-5-4-6-15(20)11-14;/h4-6,11-12H,3,7-10,13H2,1-2H3,(H2,21,22,24);1H. The summed E-state index contributed by atoms with van der Waals surface area (Å²) >= 11 is 7.94. The molecule has 0 amide bonds. The van der Waals surface area contributed by atoms with Gasteiger partial charge in [0.15, 0.2) is 5.96 Å². The molecule has 26 heavy (non-hydrogen) atoms. The first kappa shape index (κ1) is 21.4. The third kappa shape index (κ3) is 5.57. The predicted octanol–water partition coefficient (Wildman–Crippen LogP) is 4.42. The number of thiazole rings is 1. The molecule has 0 bridgehead atoms. The molecule has 1 fully saturated rings. The zero-order chi connectivity index (χ0) is 17.7. The van der Waals surface area contributed by atoms with Gasteiger partial charge < -0.3 is 10.6 Å². The van der Waals surface area contributed by atoms with Gasteiger partial charge in [-0.15, -0.1) is 35.3 Å². The molecular formula is C19H26ClIN4S. The molecule has 1 aliphatic carbocycles. The van der Waals surface area contributed by atoms with E-state index in [9.17, 15) is 0 Å². The van der Waals surface area contributed by atoms with Crippen LogP contribution in [-0.4, -0.2) is 31.1 Å². The number of guanidine groups is 1. The number of nitrogens with one attached hydrogen (secondary N) is 2. The van der Waals surface area contributed by atoms with Crippen LogP contribution in [0.2, 0.25) is 5.02 Å². The van der Waals surface area contributed by atoms with Gasteiger partial charge >= 0.3 is 0 Å². The van der Waals surface area contributed by atoms with Crippen LogP contribution in [0.15, 0.2) is 35.5 Å². The normalized spacial score (nSPS) is 15.3. The minimum Gasteiger partial charge on any atom is -0.356 e. The van der Waals surface area contributed by atoms with Crippen molar-refractivity contribution in [1.82, 2.24) is 15.6 Å². The molecule has 1 saturated carbocycles. The first-order valence-electron chi connectivity index (χ1n) is 8.79. The summed E-state index contributed by atoms with van der Waals surface area (Å²) in [5, 5.41) is 8.84. The molecule has 7 heteroatoms. The van der Waals surface area contributed by atoms with Gasteiger partial charge in [0.2, 0.25) is 0 Å². The van der Waals surface area contributed by atoms with E-state index in [0.29, 0.717) is 0 Å². The van der Waals surface area contributed by atoms with E-state index in [1.807, 2.05) is 25.4 Å². The van der Waals surface area contributed by atoms with E-state index >= 15 is 0 Å². The summed E-state index contributed by atoms with van der Waals surface area (Å²) in [4.78, 5) is 10.1. The largest absolute Gasteiger partial charge is 0.356 e. The Kier molecular flexibility index (Phi) is 8.16. The zero-order valence-electron chi connectivity index (χ0n) is 15.2. The summed E-state index contributed by atoms with van der Waals surface area (Å²) in [7, 11) is 1.81. The summed E-state index contributed by atoms with van der Waals surface area (Å²) < 4.78 is 0. The third-order valence-electron chi connectivity index (χ3n) is 4.69. The van der Waals surface area contributed by atoms with Gasteiger partial charge in [0.25, 0.3) is 0 Å². The van der Waals surface area contributed by atoms with Crippen molar-refractivity contribution in [3.63, 3.8) is 0 Å². The lowest BCUT2D eigenvalue weighted by molar-refractivity contribution is 0.645. The monoisotopic (exact) mass is 504 g/mol. The molecule has 0 saturated heterocycles. The smallest absolute Gasteiger partial charge is 0.191 e. The number of hydrogen-bond donors (Lipinski definition) is 2. The Hall–Kier alpha value is -0.860. The Morgan fingerprint density at radius 2 is 2.15 bits per heavy atom. The molecule has 0 unspecified atom stereocenters. The van der Waals surface area contributed by atoms with Crippen molar-refractivity contribution >= 4 is 52.9 Å². The Balaban J connectivity index is 0.00000243. The molecule has 4 nitrogen and oxygen atoms in total. The summed E-state index contributed by atoms with van der Waals surface area (Å²) in [6, 6.07) is 8.21. The highest BCUT2D eigenvalue weighted by molar-refractivity contribution is 14.0. The summed E-state index contributed by atoms with van der Waals surface area (Å²) in [5.74, 6) is 0.848. The van der Waals surface area contributed by atoms with Crippen LogP contribution in [0.25, 0.3) is 0 Å². The number of hydrogen-bond acceptors (Lipinski definition) is 3. The van der Waals surface area contributed by atoms with E-state index in [-0.39, 0.29) is 29.4 Å². The van der Waals surface area contributed by atoms with Crippen LogP contribution in [-0.2, 0) is 18.3 Å². The van der Waals surface area contributed by atoms with Crippen molar-refractivity contribution in [3.8, 4) is 0 Å². The number of aliphatic imine (C=N–C) groups is 1. The summed E-state index contributed by atoms with van der Waals surface area (Å²) in [6.07, 6.45) is 6.34. The lowest BCUT2D eigenvalue weighted by atomic mass is 9.96. The molecule has 142 valence electrons. The molecule has 0 aliphatic heterocycles. The Morgan fingerprint density at radius 1 is 1.35 bits per heavy atom. The quantitative estimate of drug-likeness (QED) is 0.333. The van der Waals surface area contributed by atoms with E-state index < -0.39 is 0 Å². The van der Waals surface area contributed by atoms with Crippen LogP contribution < -0.4 is 10.6 Å². The average Bonchev–Trinajstić information content (AvgIpc) is 3.28. The summed E-state index contributed by atoms with van der Waals surface area (Å²) in [6.45, 7) is 3.87. The first-order chi connectivity index (χ1) is 12.1. The number of rotatable bonds is 7. The lowest BCUT2D eigenvalue weighted by Gasteiger charge is -2.19. The van der Waals surface area contributed by atoms with Crippen molar-refractivity contribution in [2.75, 3.05) is 20.1 Å². The molecule has 0 radical (unpaired) electrons. The number of aryl methyl sites for hydroxylation is 1. The van der Waals surface area contributed by atoms with Gasteiger partial charge in [0, 0.05) is 48.1 Å². The molecule has 2 aromatic rings. The second kappa shape index (κ2) is 9.90. The van der Waals surface area contributed by atoms with Crippen LogP contribution in [0, 0.1) is 0 Å². The maximum Gasteiger partial charge on any atom is 0.191 e. The van der Waals surface area contributed by atoms with Gasteiger partial charge in [-0.05, 0) is 37.0 Å². The average molecular weight is 505 g/mol. The fourth-order valence-corrected chi connectivity index (χ4v) is 3.98. The highest BCUT2D eigenvalue weighted by Crippen LogP contribution is 2.48. The van der Waals surface area contributed by atoms with Crippen molar-refractivity contribution < 1.29 is 0 Å². The number of nitrogens with zero attached hydrogens (tertiary/aromatic N) is 2. The maximum absolute atomic E-state index is 6.15. The van der Waals surface area contributed by atoms with Crippen LogP contribution in [0.4, 0.5) is 0 Å². The molecule has 1 aliphatic rings. The highest BCUT2D eigenvalue weighted by Gasteiger charge is 2.44. The number of halogens is 2. The van der Waals surface area contributed by atoms with Gasteiger partial charge in [-0.1, -0.05) is 30.7 Å². The van der Waals surface area contributed by atoms with Gasteiger partial charge in [-0.2, -0.15) is 0 Å². The fourth-order valence-electron chi connectivity index (χ4n) is 2.93.